The number of hydrogen-bond donors (Lipinski definition) is 1. The van der Waals surface area contributed by atoms with Gasteiger partial charge in [-0.2, -0.15) is 0 Å². The third-order valence-corrected chi connectivity index (χ3v) is 3.66. The summed E-state index contributed by atoms with van der Waals surface area (Å²) in [7, 11) is 0. The second kappa shape index (κ2) is 8.31. The predicted octanol–water partition coefficient (Wildman–Crippen LogP) is 2.58. The molecule has 0 atom stereocenters. The molecule has 1 aliphatic heterocycles. The number of nitrogens with one attached hydrogen (secondary N) is 1. The minimum Gasteiger partial charge on any atom is -0.450 e. The molecule has 1 fully saturated rings. The predicted molar refractivity (Wildman–Crippen MR) is 85.2 cm³/mol. The molecule has 0 aromatic heterocycles. The van der Waals surface area contributed by atoms with Gasteiger partial charge in [0.2, 0.25) is 5.91 Å². The molecule has 2 rings (SSSR count). The van der Waals surface area contributed by atoms with E-state index in [1.165, 1.54) is 18.2 Å². The molecule has 1 N–H and O–H groups in total. The molecule has 5 nitrogen and oxygen atoms in total. The number of piperidine rings is 1. The number of ether oxygens (including phenoxy) is 1. The maximum absolute atomic E-state index is 12.8. The van der Waals surface area contributed by atoms with Crippen LogP contribution in [0.3, 0.4) is 0 Å². The number of carbonyl (C=O) groups excluding carboxylic acids is 2. The first-order valence-electron chi connectivity index (χ1n) is 7.74. The third-order valence-electron chi connectivity index (χ3n) is 3.66. The summed E-state index contributed by atoms with van der Waals surface area (Å²) in [6, 6.07) is 5.96. The van der Waals surface area contributed by atoms with Crippen LogP contribution in [-0.4, -0.2) is 42.6 Å². The molecule has 2 amide bonds. The number of likely N-dealkylation sites (tertiary alicyclic amines) is 1. The number of halogens is 1. The van der Waals surface area contributed by atoms with E-state index < -0.39 is 0 Å². The summed E-state index contributed by atoms with van der Waals surface area (Å²) in [6.45, 7) is 3.29. The fourth-order valence-corrected chi connectivity index (χ4v) is 2.42. The lowest BCUT2D eigenvalue weighted by molar-refractivity contribution is -0.117. The van der Waals surface area contributed by atoms with Gasteiger partial charge in [-0.3, -0.25) is 4.79 Å². The zero-order valence-electron chi connectivity index (χ0n) is 13.1. The topological polar surface area (TPSA) is 58.6 Å². The standard InChI is InChI=1S/C17H21FN2O3/c1-2-23-17(22)20-11-9-15(10-12-20)19-16(21)8-5-13-3-6-14(18)7-4-13/h3-8,15H,2,9-12H2,1H3,(H,19,21)/b8-5+. The highest BCUT2D eigenvalue weighted by Crippen LogP contribution is 2.12. The van der Waals surface area contributed by atoms with Gasteiger partial charge in [0.05, 0.1) is 6.61 Å². The van der Waals surface area contributed by atoms with E-state index in [-0.39, 0.29) is 23.9 Å². The van der Waals surface area contributed by atoms with Gasteiger partial charge < -0.3 is 15.0 Å². The molecule has 1 aromatic rings. The summed E-state index contributed by atoms with van der Waals surface area (Å²) in [5, 5.41) is 2.91. The Kier molecular flexibility index (Phi) is 6.14. The highest BCUT2D eigenvalue weighted by Gasteiger charge is 2.23. The smallest absolute Gasteiger partial charge is 0.409 e. The molecular weight excluding hydrogens is 299 g/mol. The summed E-state index contributed by atoms with van der Waals surface area (Å²) in [6.07, 6.45) is 4.19. The quantitative estimate of drug-likeness (QED) is 0.868. The molecule has 1 heterocycles. The van der Waals surface area contributed by atoms with Crippen LogP contribution in [-0.2, 0) is 9.53 Å². The van der Waals surface area contributed by atoms with Gasteiger partial charge in [0.1, 0.15) is 5.82 Å². The third kappa shape index (κ3) is 5.39. The van der Waals surface area contributed by atoms with Gasteiger partial charge in [-0.1, -0.05) is 12.1 Å². The van der Waals surface area contributed by atoms with Crippen molar-refractivity contribution in [2.45, 2.75) is 25.8 Å². The number of rotatable bonds is 4. The van der Waals surface area contributed by atoms with Gasteiger partial charge in [0.25, 0.3) is 0 Å². The van der Waals surface area contributed by atoms with Gasteiger partial charge in [-0.25, -0.2) is 9.18 Å². The Morgan fingerprint density at radius 1 is 1.30 bits per heavy atom. The number of carbonyl (C=O) groups is 2. The number of amides is 2. The van der Waals surface area contributed by atoms with Crippen LogP contribution in [0.25, 0.3) is 6.08 Å². The van der Waals surface area contributed by atoms with Crippen molar-refractivity contribution in [3.63, 3.8) is 0 Å². The van der Waals surface area contributed by atoms with Crippen LogP contribution in [0.2, 0.25) is 0 Å². The van der Waals surface area contributed by atoms with Crippen molar-refractivity contribution < 1.29 is 18.7 Å². The van der Waals surface area contributed by atoms with Crippen molar-refractivity contribution in [2.75, 3.05) is 19.7 Å². The molecule has 6 heteroatoms. The second-order valence-corrected chi connectivity index (χ2v) is 5.35. The van der Waals surface area contributed by atoms with Gasteiger partial charge in [-0.05, 0) is 43.5 Å². The van der Waals surface area contributed by atoms with Gasteiger partial charge in [0, 0.05) is 25.2 Å². The van der Waals surface area contributed by atoms with E-state index in [0.29, 0.717) is 32.5 Å². The lowest BCUT2D eigenvalue weighted by Gasteiger charge is -2.31. The average Bonchev–Trinajstić information content (AvgIpc) is 2.55. The summed E-state index contributed by atoms with van der Waals surface area (Å²) >= 11 is 0. The molecule has 1 aromatic carbocycles. The molecule has 124 valence electrons. The van der Waals surface area contributed by atoms with E-state index in [4.69, 9.17) is 4.74 Å². The normalized spacial score (nSPS) is 15.7. The van der Waals surface area contributed by atoms with Crippen LogP contribution in [0.4, 0.5) is 9.18 Å². The zero-order chi connectivity index (χ0) is 16.7. The molecule has 1 saturated heterocycles. The Morgan fingerprint density at radius 2 is 1.96 bits per heavy atom. The largest absolute Gasteiger partial charge is 0.450 e. The SMILES string of the molecule is CCOC(=O)N1CCC(NC(=O)/C=C/c2ccc(F)cc2)CC1. The highest BCUT2D eigenvalue weighted by atomic mass is 19.1. The van der Waals surface area contributed by atoms with E-state index in [0.717, 1.165) is 5.56 Å². The molecule has 23 heavy (non-hydrogen) atoms. The minimum absolute atomic E-state index is 0.0473. The monoisotopic (exact) mass is 320 g/mol. The molecule has 0 radical (unpaired) electrons. The van der Waals surface area contributed by atoms with E-state index in [1.807, 2.05) is 0 Å². The Balaban J connectivity index is 1.76. The molecule has 0 bridgehead atoms. The number of benzene rings is 1. The van der Waals surface area contributed by atoms with Gasteiger partial charge >= 0.3 is 6.09 Å². The Morgan fingerprint density at radius 3 is 2.57 bits per heavy atom. The second-order valence-electron chi connectivity index (χ2n) is 5.35. The first kappa shape index (κ1) is 17.0. The van der Waals surface area contributed by atoms with E-state index in [9.17, 15) is 14.0 Å². The average molecular weight is 320 g/mol. The maximum atomic E-state index is 12.8. The molecule has 0 spiro atoms. The van der Waals surface area contributed by atoms with Crippen molar-refractivity contribution in [1.82, 2.24) is 10.2 Å². The molecule has 0 unspecified atom stereocenters. The lowest BCUT2D eigenvalue weighted by Crippen LogP contribution is -2.46. The summed E-state index contributed by atoms with van der Waals surface area (Å²) < 4.78 is 17.7. The number of nitrogens with zero attached hydrogens (tertiary/aromatic N) is 1. The van der Waals surface area contributed by atoms with Gasteiger partial charge in [0.15, 0.2) is 0 Å². The van der Waals surface area contributed by atoms with Crippen LogP contribution in [0.5, 0.6) is 0 Å². The lowest BCUT2D eigenvalue weighted by atomic mass is 10.1. The number of hydrogen-bond acceptors (Lipinski definition) is 3. The maximum Gasteiger partial charge on any atom is 0.409 e. The Bertz CT molecular complexity index is 564. The van der Waals surface area contributed by atoms with Gasteiger partial charge in [-0.15, -0.1) is 0 Å². The van der Waals surface area contributed by atoms with Crippen molar-refractivity contribution in [1.29, 1.82) is 0 Å². The fourth-order valence-electron chi connectivity index (χ4n) is 2.42. The van der Waals surface area contributed by atoms with Crippen molar-refractivity contribution in [2.24, 2.45) is 0 Å². The molecule has 0 aliphatic carbocycles. The van der Waals surface area contributed by atoms with Crippen LogP contribution in [0.1, 0.15) is 25.3 Å². The van der Waals surface area contributed by atoms with Crippen LogP contribution >= 0.6 is 0 Å². The first-order valence-corrected chi connectivity index (χ1v) is 7.74. The highest BCUT2D eigenvalue weighted by molar-refractivity contribution is 5.91. The van der Waals surface area contributed by atoms with Crippen LogP contribution in [0.15, 0.2) is 30.3 Å². The minimum atomic E-state index is -0.306. The van der Waals surface area contributed by atoms with E-state index in [2.05, 4.69) is 5.32 Å². The van der Waals surface area contributed by atoms with Crippen LogP contribution < -0.4 is 5.32 Å². The summed E-state index contributed by atoms with van der Waals surface area (Å²) in [4.78, 5) is 25.1. The van der Waals surface area contributed by atoms with E-state index in [1.54, 1.807) is 30.0 Å². The Labute approximate surface area is 135 Å². The van der Waals surface area contributed by atoms with Crippen molar-refractivity contribution in [3.8, 4) is 0 Å². The first-order chi connectivity index (χ1) is 11.1. The molecule has 0 saturated carbocycles. The fraction of sp³-hybridized carbons (Fsp3) is 0.412. The van der Waals surface area contributed by atoms with Crippen molar-refractivity contribution >= 4 is 18.1 Å². The van der Waals surface area contributed by atoms with Crippen LogP contribution in [0, 0.1) is 5.82 Å². The molecular formula is C17H21FN2O3. The summed E-state index contributed by atoms with van der Waals surface area (Å²) in [5.74, 6) is -0.496. The summed E-state index contributed by atoms with van der Waals surface area (Å²) in [5.41, 5.74) is 0.763. The Hall–Kier alpha value is -2.37. The van der Waals surface area contributed by atoms with E-state index >= 15 is 0 Å². The van der Waals surface area contributed by atoms with Crippen molar-refractivity contribution in [3.05, 3.63) is 41.7 Å². The molecule has 1 aliphatic rings. The zero-order valence-corrected chi connectivity index (χ0v) is 13.1.